The second-order valence-corrected chi connectivity index (χ2v) is 5.97. The van der Waals surface area contributed by atoms with Crippen LogP contribution in [0.2, 0.25) is 0 Å². The normalized spacial score (nSPS) is 17.8. The fourth-order valence-corrected chi connectivity index (χ4v) is 3.19. The van der Waals surface area contributed by atoms with Gasteiger partial charge in [-0.15, -0.1) is 10.2 Å². The van der Waals surface area contributed by atoms with Crippen LogP contribution in [0.5, 0.6) is 0 Å². The number of rotatable bonds is 3. The predicted molar refractivity (Wildman–Crippen MR) is 92.0 cm³/mol. The van der Waals surface area contributed by atoms with Gasteiger partial charge in [-0.3, -0.25) is 9.78 Å². The highest BCUT2D eigenvalue weighted by atomic mass is 16.5. The average molecular weight is 337 g/mol. The summed E-state index contributed by atoms with van der Waals surface area (Å²) in [6.07, 6.45) is 3.10. The van der Waals surface area contributed by atoms with E-state index < -0.39 is 0 Å². The zero-order chi connectivity index (χ0) is 17.2. The molecule has 1 atom stereocenters. The first-order chi connectivity index (χ1) is 12.3. The summed E-state index contributed by atoms with van der Waals surface area (Å²) in [5.74, 6) is 0.679. The van der Waals surface area contributed by atoms with Gasteiger partial charge in [0, 0.05) is 24.7 Å². The van der Waals surface area contributed by atoms with Crippen LogP contribution in [0.1, 0.15) is 29.3 Å². The maximum atomic E-state index is 13.0. The topological polar surface area (TPSA) is 73.1 Å². The minimum Gasteiger partial charge on any atom is -0.366 e. The van der Waals surface area contributed by atoms with Gasteiger partial charge in [-0.25, -0.2) is 0 Å². The van der Waals surface area contributed by atoms with Gasteiger partial charge in [0.1, 0.15) is 18.1 Å². The van der Waals surface area contributed by atoms with E-state index in [-0.39, 0.29) is 12.0 Å². The Bertz CT molecular complexity index is 902. The van der Waals surface area contributed by atoms with Crippen molar-refractivity contribution < 1.29 is 9.53 Å². The number of pyridine rings is 1. The second-order valence-electron chi connectivity index (χ2n) is 5.97. The van der Waals surface area contributed by atoms with Crippen molar-refractivity contribution in [1.29, 1.82) is 0 Å². The van der Waals surface area contributed by atoms with E-state index in [1.54, 1.807) is 17.4 Å². The highest BCUT2D eigenvalue weighted by molar-refractivity contribution is 6.05. The molecule has 0 unspecified atom stereocenters. The smallest absolute Gasteiger partial charge is 0.273 e. The standard InChI is InChI=1S/C18H19N5O2/c1-2-22-12-20-21-17(22)15-11-23(9-10-25-15)18(24)16-14-6-4-3-5-13(14)7-8-19-16/h3-8,12,15H,2,9-11H2,1H3/t15-/m1/s1. The molecular weight excluding hydrogens is 318 g/mol. The monoisotopic (exact) mass is 337 g/mol. The number of hydrogen-bond acceptors (Lipinski definition) is 5. The summed E-state index contributed by atoms with van der Waals surface area (Å²) in [5, 5.41) is 10.00. The Morgan fingerprint density at radius 3 is 3.08 bits per heavy atom. The lowest BCUT2D eigenvalue weighted by atomic mass is 10.1. The molecule has 1 aliphatic rings. The third-order valence-electron chi connectivity index (χ3n) is 4.50. The van der Waals surface area contributed by atoms with Crippen LogP contribution in [-0.2, 0) is 11.3 Å². The molecule has 3 heterocycles. The fourth-order valence-electron chi connectivity index (χ4n) is 3.19. The molecule has 4 rings (SSSR count). The number of carbonyl (C=O) groups excluding carboxylic acids is 1. The van der Waals surface area contributed by atoms with Crippen molar-refractivity contribution in [3.8, 4) is 0 Å². The molecule has 3 aromatic rings. The Kier molecular flexibility index (Phi) is 4.15. The molecule has 0 radical (unpaired) electrons. The Hall–Kier alpha value is -2.80. The zero-order valence-electron chi connectivity index (χ0n) is 14.0. The Labute approximate surface area is 145 Å². The first-order valence-electron chi connectivity index (χ1n) is 8.40. The van der Waals surface area contributed by atoms with Crippen LogP contribution in [-0.4, -0.2) is 50.3 Å². The molecule has 0 saturated carbocycles. The first-order valence-corrected chi connectivity index (χ1v) is 8.40. The van der Waals surface area contributed by atoms with E-state index in [4.69, 9.17) is 4.74 Å². The number of fused-ring (bicyclic) bond motifs is 1. The van der Waals surface area contributed by atoms with Crippen LogP contribution < -0.4 is 0 Å². The molecule has 7 heteroatoms. The van der Waals surface area contributed by atoms with E-state index in [1.807, 2.05) is 41.8 Å². The number of ether oxygens (including phenoxy) is 1. The molecule has 1 aromatic carbocycles. The van der Waals surface area contributed by atoms with Gasteiger partial charge in [-0.05, 0) is 18.4 Å². The van der Waals surface area contributed by atoms with E-state index in [2.05, 4.69) is 15.2 Å². The van der Waals surface area contributed by atoms with E-state index in [0.29, 0.717) is 25.4 Å². The lowest BCUT2D eigenvalue weighted by Gasteiger charge is -2.32. The van der Waals surface area contributed by atoms with Gasteiger partial charge < -0.3 is 14.2 Å². The Morgan fingerprint density at radius 1 is 1.32 bits per heavy atom. The van der Waals surface area contributed by atoms with Crippen molar-refractivity contribution in [2.24, 2.45) is 0 Å². The third kappa shape index (κ3) is 2.87. The van der Waals surface area contributed by atoms with Gasteiger partial charge in [0.25, 0.3) is 5.91 Å². The molecule has 7 nitrogen and oxygen atoms in total. The van der Waals surface area contributed by atoms with E-state index in [9.17, 15) is 4.79 Å². The number of morpholine rings is 1. The number of aryl methyl sites for hydroxylation is 1. The van der Waals surface area contributed by atoms with Crippen LogP contribution in [0, 0.1) is 0 Å². The lowest BCUT2D eigenvalue weighted by molar-refractivity contribution is -0.0285. The van der Waals surface area contributed by atoms with E-state index in [0.717, 1.165) is 23.1 Å². The summed E-state index contributed by atoms with van der Waals surface area (Å²) in [6, 6.07) is 9.71. The Balaban J connectivity index is 1.62. The number of hydrogen-bond donors (Lipinski definition) is 0. The summed E-state index contributed by atoms with van der Waals surface area (Å²) >= 11 is 0. The van der Waals surface area contributed by atoms with Crippen molar-refractivity contribution >= 4 is 16.7 Å². The lowest BCUT2D eigenvalue weighted by Crippen LogP contribution is -2.43. The summed E-state index contributed by atoms with van der Waals surface area (Å²) in [6.45, 7) is 4.25. The van der Waals surface area contributed by atoms with Gasteiger partial charge in [-0.2, -0.15) is 0 Å². The minimum absolute atomic E-state index is 0.0762. The summed E-state index contributed by atoms with van der Waals surface area (Å²) < 4.78 is 7.77. The molecule has 0 spiro atoms. The molecular formula is C18H19N5O2. The predicted octanol–water partition coefficient (Wildman–Crippen LogP) is 2.06. The molecule has 0 bridgehead atoms. The van der Waals surface area contributed by atoms with Crippen LogP contribution in [0.4, 0.5) is 0 Å². The SMILES string of the molecule is CCn1cnnc1[C@H]1CN(C(=O)c2nccc3ccccc23)CCO1. The minimum atomic E-state index is -0.268. The van der Waals surface area contributed by atoms with Crippen molar-refractivity contribution in [3.63, 3.8) is 0 Å². The van der Waals surface area contributed by atoms with Gasteiger partial charge in [0.2, 0.25) is 0 Å². The largest absolute Gasteiger partial charge is 0.366 e. The fraction of sp³-hybridized carbons (Fsp3) is 0.333. The Morgan fingerprint density at radius 2 is 2.20 bits per heavy atom. The molecule has 1 saturated heterocycles. The quantitative estimate of drug-likeness (QED) is 0.731. The number of amides is 1. The van der Waals surface area contributed by atoms with Gasteiger partial charge in [0.05, 0.1) is 13.2 Å². The summed E-state index contributed by atoms with van der Waals surface area (Å²) in [4.78, 5) is 19.2. The second kappa shape index (κ2) is 6.60. The number of aromatic nitrogens is 4. The van der Waals surface area contributed by atoms with Crippen molar-refractivity contribution in [2.75, 3.05) is 19.7 Å². The first kappa shape index (κ1) is 15.7. The van der Waals surface area contributed by atoms with Gasteiger partial charge >= 0.3 is 0 Å². The molecule has 1 fully saturated rings. The molecule has 0 aliphatic carbocycles. The number of carbonyl (C=O) groups is 1. The van der Waals surface area contributed by atoms with E-state index in [1.165, 1.54) is 0 Å². The summed E-state index contributed by atoms with van der Waals surface area (Å²) in [7, 11) is 0. The van der Waals surface area contributed by atoms with Crippen LogP contribution in [0.3, 0.4) is 0 Å². The van der Waals surface area contributed by atoms with Crippen LogP contribution in [0.15, 0.2) is 42.9 Å². The highest BCUT2D eigenvalue weighted by Gasteiger charge is 2.30. The third-order valence-corrected chi connectivity index (χ3v) is 4.50. The van der Waals surface area contributed by atoms with Gasteiger partial charge in [-0.1, -0.05) is 24.3 Å². The zero-order valence-corrected chi connectivity index (χ0v) is 14.0. The van der Waals surface area contributed by atoms with E-state index >= 15 is 0 Å². The van der Waals surface area contributed by atoms with Crippen molar-refractivity contribution in [2.45, 2.75) is 19.6 Å². The maximum absolute atomic E-state index is 13.0. The van der Waals surface area contributed by atoms with Gasteiger partial charge in [0.15, 0.2) is 5.82 Å². The molecule has 0 N–H and O–H groups in total. The highest BCUT2D eigenvalue weighted by Crippen LogP contribution is 2.23. The molecule has 128 valence electrons. The molecule has 2 aromatic heterocycles. The van der Waals surface area contributed by atoms with Crippen molar-refractivity contribution in [1.82, 2.24) is 24.6 Å². The summed E-state index contributed by atoms with van der Waals surface area (Å²) in [5.41, 5.74) is 0.482. The molecule has 1 aliphatic heterocycles. The maximum Gasteiger partial charge on any atom is 0.273 e. The average Bonchev–Trinajstić information content (AvgIpc) is 3.16. The van der Waals surface area contributed by atoms with Crippen LogP contribution in [0.25, 0.3) is 10.8 Å². The molecule has 25 heavy (non-hydrogen) atoms. The number of nitrogens with zero attached hydrogens (tertiary/aromatic N) is 5. The molecule has 1 amide bonds. The van der Waals surface area contributed by atoms with Crippen molar-refractivity contribution in [3.05, 3.63) is 54.4 Å². The van der Waals surface area contributed by atoms with Crippen LogP contribution >= 0.6 is 0 Å². The number of benzene rings is 1.